The van der Waals surface area contributed by atoms with E-state index in [2.05, 4.69) is 59.5 Å². The highest BCUT2D eigenvalue weighted by Crippen LogP contribution is 2.41. The number of amides is 1. The molecule has 3 saturated heterocycles. The van der Waals surface area contributed by atoms with Crippen LogP contribution in [0.1, 0.15) is 46.2 Å². The molecule has 4 atom stereocenters. The van der Waals surface area contributed by atoms with Crippen LogP contribution in [-0.4, -0.2) is 60.5 Å². The Morgan fingerprint density at radius 3 is 2.46 bits per heavy atom. The number of aromatic nitrogens is 2. The van der Waals surface area contributed by atoms with Crippen molar-refractivity contribution in [2.24, 2.45) is 5.92 Å². The first-order chi connectivity index (χ1) is 16.9. The fourth-order valence-electron chi connectivity index (χ4n) is 5.56. The third-order valence-corrected chi connectivity index (χ3v) is 7.61. The van der Waals surface area contributed by atoms with Crippen LogP contribution < -0.4 is 10.2 Å². The van der Waals surface area contributed by atoms with E-state index < -0.39 is 0 Å². The standard InChI is InChI=1S/C29H35N5O/c1-19-5-7-22(8-6-19)29(35)30-17-25-15-23-13-14-34(25)18-26(23)28-16-27(31-20(2)32-28)21-9-11-24(12-10-21)33(3)4/h5-12,16,23,25-26H,13-15,17-18H2,1-4H3,(H,30,35)/t23-,25-,26+/m1/s1. The number of benzene rings is 2. The maximum absolute atomic E-state index is 12.6. The Hall–Kier alpha value is -3.25. The summed E-state index contributed by atoms with van der Waals surface area (Å²) < 4.78 is 0. The molecule has 182 valence electrons. The lowest BCUT2D eigenvalue weighted by atomic mass is 9.74. The van der Waals surface area contributed by atoms with Gasteiger partial charge in [-0.1, -0.05) is 29.8 Å². The maximum atomic E-state index is 12.6. The summed E-state index contributed by atoms with van der Waals surface area (Å²) in [5.41, 5.74) is 6.35. The molecule has 6 rings (SSSR count). The number of aryl methyl sites for hydroxylation is 2. The highest BCUT2D eigenvalue weighted by Gasteiger charge is 2.41. The number of nitrogens with zero attached hydrogens (tertiary/aromatic N) is 4. The van der Waals surface area contributed by atoms with Crippen LogP contribution >= 0.6 is 0 Å². The van der Waals surface area contributed by atoms with Gasteiger partial charge in [-0.3, -0.25) is 9.69 Å². The van der Waals surface area contributed by atoms with E-state index in [0.717, 1.165) is 53.4 Å². The van der Waals surface area contributed by atoms with Crippen LogP contribution in [0.25, 0.3) is 11.3 Å². The smallest absolute Gasteiger partial charge is 0.251 e. The highest BCUT2D eigenvalue weighted by atomic mass is 16.1. The number of nitrogens with one attached hydrogen (secondary N) is 1. The Bertz CT molecular complexity index is 1190. The molecule has 4 heterocycles. The van der Waals surface area contributed by atoms with E-state index in [0.29, 0.717) is 24.4 Å². The van der Waals surface area contributed by atoms with Gasteiger partial charge < -0.3 is 10.2 Å². The fourth-order valence-corrected chi connectivity index (χ4v) is 5.56. The molecule has 1 N–H and O–H groups in total. The largest absolute Gasteiger partial charge is 0.378 e. The normalized spacial score (nSPS) is 23.2. The molecule has 6 heteroatoms. The van der Waals surface area contributed by atoms with Gasteiger partial charge in [0, 0.05) is 61.7 Å². The van der Waals surface area contributed by atoms with E-state index in [1.54, 1.807) is 0 Å². The average Bonchev–Trinajstić information content (AvgIpc) is 2.87. The second-order valence-electron chi connectivity index (χ2n) is 10.3. The molecule has 3 aliphatic rings. The second kappa shape index (κ2) is 9.78. The zero-order valence-electron chi connectivity index (χ0n) is 21.2. The van der Waals surface area contributed by atoms with E-state index in [9.17, 15) is 4.79 Å². The molecule has 2 bridgehead atoms. The van der Waals surface area contributed by atoms with Gasteiger partial charge in [-0.15, -0.1) is 0 Å². The zero-order chi connectivity index (χ0) is 24.5. The molecule has 0 radical (unpaired) electrons. The molecule has 0 saturated carbocycles. The van der Waals surface area contributed by atoms with E-state index >= 15 is 0 Å². The van der Waals surface area contributed by atoms with Gasteiger partial charge >= 0.3 is 0 Å². The number of hydrogen-bond donors (Lipinski definition) is 1. The van der Waals surface area contributed by atoms with E-state index in [1.165, 1.54) is 12.1 Å². The number of carbonyl (C=O) groups excluding carboxylic acids is 1. The maximum Gasteiger partial charge on any atom is 0.251 e. The Balaban J connectivity index is 1.27. The molecule has 1 amide bonds. The lowest BCUT2D eigenvalue weighted by molar-refractivity contribution is 0.0290. The number of anilines is 1. The van der Waals surface area contributed by atoms with Crippen molar-refractivity contribution < 1.29 is 4.79 Å². The third-order valence-electron chi connectivity index (χ3n) is 7.61. The SMILES string of the molecule is Cc1ccc(C(=O)NC[C@H]2C[C@H]3CCN2C[C@@H]3c2cc(-c3ccc(N(C)C)cc3)nc(C)n2)cc1. The first-order valence-electron chi connectivity index (χ1n) is 12.6. The predicted molar refractivity (Wildman–Crippen MR) is 141 cm³/mol. The van der Waals surface area contributed by atoms with E-state index in [4.69, 9.17) is 9.97 Å². The molecule has 35 heavy (non-hydrogen) atoms. The van der Waals surface area contributed by atoms with Crippen molar-refractivity contribution >= 4 is 11.6 Å². The van der Waals surface area contributed by atoms with Gasteiger partial charge in [0.15, 0.2) is 0 Å². The second-order valence-corrected chi connectivity index (χ2v) is 10.3. The van der Waals surface area contributed by atoms with Gasteiger partial charge in [-0.2, -0.15) is 0 Å². The Kier molecular flexibility index (Phi) is 6.56. The minimum atomic E-state index is 0.0144. The zero-order valence-corrected chi connectivity index (χ0v) is 21.2. The quantitative estimate of drug-likeness (QED) is 0.579. The molecular weight excluding hydrogens is 434 g/mol. The van der Waals surface area contributed by atoms with E-state index in [-0.39, 0.29) is 5.91 Å². The number of rotatable bonds is 6. The van der Waals surface area contributed by atoms with Crippen LogP contribution in [0.2, 0.25) is 0 Å². The lowest BCUT2D eigenvalue weighted by Crippen LogP contribution is -2.56. The van der Waals surface area contributed by atoms with Crippen molar-refractivity contribution in [3.05, 3.63) is 77.2 Å². The van der Waals surface area contributed by atoms with Crippen molar-refractivity contribution in [1.29, 1.82) is 0 Å². The van der Waals surface area contributed by atoms with Crippen molar-refractivity contribution in [3.8, 4) is 11.3 Å². The first-order valence-corrected chi connectivity index (χ1v) is 12.6. The highest BCUT2D eigenvalue weighted by molar-refractivity contribution is 5.94. The van der Waals surface area contributed by atoms with Gasteiger partial charge in [0.05, 0.1) is 5.69 Å². The molecule has 0 aliphatic carbocycles. The Labute approximate surface area is 208 Å². The monoisotopic (exact) mass is 469 g/mol. The van der Waals surface area contributed by atoms with Crippen LogP contribution in [0.15, 0.2) is 54.6 Å². The molecule has 2 aromatic carbocycles. The molecule has 3 fully saturated rings. The summed E-state index contributed by atoms with van der Waals surface area (Å²) in [5.74, 6) is 1.84. The summed E-state index contributed by atoms with van der Waals surface area (Å²) in [6.07, 6.45) is 2.28. The van der Waals surface area contributed by atoms with Crippen LogP contribution in [0.3, 0.4) is 0 Å². The van der Waals surface area contributed by atoms with Gasteiger partial charge in [0.1, 0.15) is 5.82 Å². The van der Waals surface area contributed by atoms with Gasteiger partial charge in [-0.05, 0) is 69.5 Å². The molecule has 1 unspecified atom stereocenters. The number of fused-ring (bicyclic) bond motifs is 3. The molecule has 1 aromatic heterocycles. The predicted octanol–water partition coefficient (Wildman–Crippen LogP) is 4.43. The van der Waals surface area contributed by atoms with Crippen LogP contribution in [-0.2, 0) is 0 Å². The van der Waals surface area contributed by atoms with Crippen molar-refractivity contribution in [3.63, 3.8) is 0 Å². The molecular formula is C29H35N5O. The van der Waals surface area contributed by atoms with Crippen molar-refractivity contribution in [2.45, 2.75) is 38.6 Å². The van der Waals surface area contributed by atoms with Gasteiger partial charge in [-0.25, -0.2) is 9.97 Å². The molecule has 0 spiro atoms. The summed E-state index contributed by atoms with van der Waals surface area (Å²) in [5, 5.41) is 3.17. The van der Waals surface area contributed by atoms with E-state index in [1.807, 2.05) is 38.1 Å². The number of piperidine rings is 3. The topological polar surface area (TPSA) is 61.4 Å². The van der Waals surface area contributed by atoms with Crippen molar-refractivity contribution in [1.82, 2.24) is 20.2 Å². The Morgan fingerprint density at radius 2 is 1.80 bits per heavy atom. The van der Waals surface area contributed by atoms with Crippen molar-refractivity contribution in [2.75, 3.05) is 38.6 Å². The first kappa shape index (κ1) is 23.5. The lowest BCUT2D eigenvalue weighted by Gasteiger charge is -2.49. The number of hydrogen-bond acceptors (Lipinski definition) is 5. The molecule has 3 aliphatic heterocycles. The van der Waals surface area contributed by atoms with Crippen LogP contribution in [0.4, 0.5) is 5.69 Å². The van der Waals surface area contributed by atoms with Crippen LogP contribution in [0.5, 0.6) is 0 Å². The summed E-state index contributed by atoms with van der Waals surface area (Å²) in [7, 11) is 4.10. The van der Waals surface area contributed by atoms with Crippen LogP contribution in [0, 0.1) is 19.8 Å². The minimum Gasteiger partial charge on any atom is -0.378 e. The van der Waals surface area contributed by atoms with Gasteiger partial charge in [0.25, 0.3) is 5.91 Å². The minimum absolute atomic E-state index is 0.0144. The third kappa shape index (κ3) is 5.08. The Morgan fingerprint density at radius 1 is 1.06 bits per heavy atom. The summed E-state index contributed by atoms with van der Waals surface area (Å²) in [6, 6.07) is 18.9. The summed E-state index contributed by atoms with van der Waals surface area (Å²) in [6.45, 7) is 6.81. The molecule has 3 aromatic rings. The summed E-state index contributed by atoms with van der Waals surface area (Å²) >= 11 is 0. The summed E-state index contributed by atoms with van der Waals surface area (Å²) in [4.78, 5) is 26.9. The van der Waals surface area contributed by atoms with Gasteiger partial charge in [0.2, 0.25) is 0 Å². The average molecular weight is 470 g/mol. The fraction of sp³-hybridized carbons (Fsp3) is 0.414. The molecule has 6 nitrogen and oxygen atoms in total. The number of carbonyl (C=O) groups is 1.